The van der Waals surface area contributed by atoms with E-state index in [4.69, 9.17) is 9.72 Å². The van der Waals surface area contributed by atoms with Gasteiger partial charge in [0.05, 0.1) is 27.5 Å². The molecule has 0 radical (unpaired) electrons. The number of methoxy groups -OCH3 is 1. The van der Waals surface area contributed by atoms with Gasteiger partial charge in [0, 0.05) is 20.3 Å². The van der Waals surface area contributed by atoms with E-state index in [-0.39, 0.29) is 11.5 Å². The minimum atomic E-state index is -0.439. The van der Waals surface area contributed by atoms with Gasteiger partial charge in [-0.3, -0.25) is 14.2 Å². The van der Waals surface area contributed by atoms with Crippen molar-refractivity contribution in [2.45, 2.75) is 33.2 Å². The number of thiophene rings is 1. The Kier molecular flexibility index (Phi) is 7.24. The quantitative estimate of drug-likeness (QED) is 0.324. The van der Waals surface area contributed by atoms with Crippen LogP contribution in [0.4, 0.5) is 0 Å². The number of aryl methyl sites for hydroxylation is 2. The second kappa shape index (κ2) is 10.3. The number of nitrogens with zero attached hydrogens (tertiary/aromatic N) is 3. The number of hydrogen-bond acceptors (Lipinski definition) is 5. The van der Waals surface area contributed by atoms with Gasteiger partial charge in [-0.15, -0.1) is 11.3 Å². The first-order valence-corrected chi connectivity index (χ1v) is 12.2. The van der Waals surface area contributed by atoms with Gasteiger partial charge >= 0.3 is 0 Å². The number of rotatable bonds is 8. The van der Waals surface area contributed by atoms with Crippen LogP contribution in [0.3, 0.4) is 0 Å². The fourth-order valence-electron chi connectivity index (χ4n) is 4.08. The third-order valence-electron chi connectivity index (χ3n) is 6.13. The van der Waals surface area contributed by atoms with Crippen LogP contribution >= 0.6 is 11.3 Å². The van der Waals surface area contributed by atoms with Crippen molar-refractivity contribution in [1.29, 1.82) is 0 Å². The minimum absolute atomic E-state index is 0.0763. The lowest BCUT2D eigenvalue weighted by Crippen LogP contribution is -2.38. The number of benzene rings is 2. The molecule has 0 N–H and O–H groups in total. The largest absolute Gasteiger partial charge is 0.385 e. The van der Waals surface area contributed by atoms with Crippen LogP contribution in [0.2, 0.25) is 0 Å². The Morgan fingerprint density at radius 1 is 1.12 bits per heavy atom. The van der Waals surface area contributed by atoms with Crippen LogP contribution in [-0.2, 0) is 4.74 Å². The number of aromatic nitrogens is 2. The molecule has 4 rings (SSSR count). The Morgan fingerprint density at radius 2 is 1.91 bits per heavy atom. The van der Waals surface area contributed by atoms with Gasteiger partial charge in [0.15, 0.2) is 0 Å². The lowest BCUT2D eigenvalue weighted by molar-refractivity contribution is 0.0662. The van der Waals surface area contributed by atoms with Crippen molar-refractivity contribution in [3.05, 3.63) is 92.2 Å². The minimum Gasteiger partial charge on any atom is -0.385 e. The summed E-state index contributed by atoms with van der Waals surface area (Å²) < 4.78 is 6.89. The van der Waals surface area contributed by atoms with Gasteiger partial charge in [-0.25, -0.2) is 4.98 Å². The summed E-state index contributed by atoms with van der Waals surface area (Å²) >= 11 is 1.41. The maximum absolute atomic E-state index is 13.7. The molecule has 176 valence electrons. The molecule has 0 aliphatic rings. The van der Waals surface area contributed by atoms with Gasteiger partial charge in [0.1, 0.15) is 5.82 Å². The topological polar surface area (TPSA) is 64.4 Å². The molecule has 1 amide bonds. The van der Waals surface area contributed by atoms with E-state index < -0.39 is 6.04 Å². The summed E-state index contributed by atoms with van der Waals surface area (Å²) in [6.45, 7) is 7.03. The predicted molar refractivity (Wildman–Crippen MR) is 137 cm³/mol. The summed E-state index contributed by atoms with van der Waals surface area (Å²) in [5.74, 6) is 0.460. The summed E-state index contributed by atoms with van der Waals surface area (Å²) in [7, 11) is 1.65. The lowest BCUT2D eigenvalue weighted by atomic mass is 10.1. The van der Waals surface area contributed by atoms with Crippen molar-refractivity contribution >= 4 is 28.1 Å². The fourth-order valence-corrected chi connectivity index (χ4v) is 4.75. The standard InChI is InChI=1S/C27H29N3O3S/c1-18-12-13-21(17-19(18)2)30-25(28-23-10-6-5-9-22(23)26(30)31)20(3)29(14-8-15-33-4)27(32)24-11-7-16-34-24/h5-7,9-13,16-17,20H,8,14-15H2,1-4H3. The van der Waals surface area contributed by atoms with Crippen molar-refractivity contribution in [2.24, 2.45) is 0 Å². The molecule has 0 aliphatic carbocycles. The summed E-state index contributed by atoms with van der Waals surface area (Å²) in [5.41, 5.74) is 3.46. The normalized spacial score (nSPS) is 12.1. The van der Waals surface area contributed by atoms with Crippen molar-refractivity contribution in [2.75, 3.05) is 20.3 Å². The second-order valence-electron chi connectivity index (χ2n) is 8.39. The molecule has 4 aromatic rings. The van der Waals surface area contributed by atoms with E-state index in [1.165, 1.54) is 11.3 Å². The maximum atomic E-state index is 13.7. The third kappa shape index (κ3) is 4.67. The number of amides is 1. The Hall–Kier alpha value is -3.29. The first-order valence-electron chi connectivity index (χ1n) is 11.3. The van der Waals surface area contributed by atoms with Crippen molar-refractivity contribution < 1.29 is 9.53 Å². The molecular formula is C27H29N3O3S. The highest BCUT2D eigenvalue weighted by Crippen LogP contribution is 2.26. The first-order chi connectivity index (χ1) is 16.4. The Balaban J connectivity index is 1.90. The van der Waals surface area contributed by atoms with Crippen LogP contribution in [0.1, 0.15) is 46.0 Å². The van der Waals surface area contributed by atoms with Crippen LogP contribution in [0.5, 0.6) is 0 Å². The summed E-state index contributed by atoms with van der Waals surface area (Å²) in [5, 5.41) is 2.44. The number of ether oxygens (including phenoxy) is 1. The molecule has 2 heterocycles. The molecule has 0 bridgehead atoms. The molecule has 0 saturated carbocycles. The highest BCUT2D eigenvalue weighted by molar-refractivity contribution is 7.12. The number of hydrogen-bond donors (Lipinski definition) is 0. The van der Waals surface area contributed by atoms with Crippen LogP contribution < -0.4 is 5.56 Å². The highest BCUT2D eigenvalue weighted by atomic mass is 32.1. The Labute approximate surface area is 203 Å². The molecule has 0 fully saturated rings. The number of para-hydroxylation sites is 1. The van der Waals surface area contributed by atoms with Gasteiger partial charge in [0.2, 0.25) is 0 Å². The summed E-state index contributed by atoms with van der Waals surface area (Å²) in [4.78, 5) is 34.6. The Morgan fingerprint density at radius 3 is 2.62 bits per heavy atom. The zero-order valence-electron chi connectivity index (χ0n) is 19.9. The van der Waals surface area contributed by atoms with Crippen LogP contribution in [0.25, 0.3) is 16.6 Å². The molecule has 0 aliphatic heterocycles. The summed E-state index contributed by atoms with van der Waals surface area (Å²) in [6, 6.07) is 16.6. The molecule has 2 aromatic carbocycles. The molecule has 6 nitrogen and oxygen atoms in total. The SMILES string of the molecule is COCCCN(C(=O)c1cccs1)C(C)c1nc2ccccc2c(=O)n1-c1ccc(C)c(C)c1. The molecule has 0 saturated heterocycles. The van der Waals surface area contributed by atoms with E-state index in [1.54, 1.807) is 22.6 Å². The van der Waals surface area contributed by atoms with Crippen molar-refractivity contribution in [3.8, 4) is 5.69 Å². The van der Waals surface area contributed by atoms with E-state index in [9.17, 15) is 9.59 Å². The van der Waals surface area contributed by atoms with Gasteiger partial charge in [-0.2, -0.15) is 0 Å². The molecule has 34 heavy (non-hydrogen) atoms. The first kappa shape index (κ1) is 23.9. The molecule has 0 spiro atoms. The average molecular weight is 476 g/mol. The van der Waals surface area contributed by atoms with E-state index in [2.05, 4.69) is 0 Å². The van der Waals surface area contributed by atoms with E-state index in [0.29, 0.717) is 41.2 Å². The zero-order valence-corrected chi connectivity index (χ0v) is 20.8. The molecule has 1 unspecified atom stereocenters. The van der Waals surface area contributed by atoms with Gasteiger partial charge < -0.3 is 9.64 Å². The number of carbonyl (C=O) groups is 1. The van der Waals surface area contributed by atoms with E-state index >= 15 is 0 Å². The predicted octanol–water partition coefficient (Wildman–Crippen LogP) is 5.30. The lowest BCUT2D eigenvalue weighted by Gasteiger charge is -2.30. The number of fused-ring (bicyclic) bond motifs is 1. The zero-order chi connectivity index (χ0) is 24.2. The van der Waals surface area contributed by atoms with Crippen molar-refractivity contribution in [3.63, 3.8) is 0 Å². The molecule has 2 aromatic heterocycles. The van der Waals surface area contributed by atoms with Crippen LogP contribution in [0.15, 0.2) is 64.8 Å². The fraction of sp³-hybridized carbons (Fsp3) is 0.296. The van der Waals surface area contributed by atoms with E-state index in [1.807, 2.05) is 74.7 Å². The Bertz CT molecular complexity index is 1360. The smallest absolute Gasteiger partial charge is 0.266 e. The van der Waals surface area contributed by atoms with Crippen LogP contribution in [-0.4, -0.2) is 40.6 Å². The summed E-state index contributed by atoms with van der Waals surface area (Å²) in [6.07, 6.45) is 0.680. The van der Waals surface area contributed by atoms with E-state index in [0.717, 1.165) is 16.8 Å². The molecule has 7 heteroatoms. The van der Waals surface area contributed by atoms with Crippen LogP contribution in [0, 0.1) is 13.8 Å². The van der Waals surface area contributed by atoms with Crippen molar-refractivity contribution in [1.82, 2.24) is 14.5 Å². The highest BCUT2D eigenvalue weighted by Gasteiger charge is 2.28. The number of carbonyl (C=O) groups excluding carboxylic acids is 1. The van der Waals surface area contributed by atoms with Gasteiger partial charge in [-0.05, 0) is 74.0 Å². The maximum Gasteiger partial charge on any atom is 0.266 e. The van der Waals surface area contributed by atoms with Gasteiger partial charge in [-0.1, -0.05) is 24.3 Å². The monoisotopic (exact) mass is 475 g/mol. The third-order valence-corrected chi connectivity index (χ3v) is 6.99. The average Bonchev–Trinajstić information content (AvgIpc) is 3.38. The molecule has 1 atom stereocenters. The second-order valence-corrected chi connectivity index (χ2v) is 9.34. The molecular weight excluding hydrogens is 446 g/mol. The van der Waals surface area contributed by atoms with Gasteiger partial charge in [0.25, 0.3) is 11.5 Å².